The van der Waals surface area contributed by atoms with Crippen LogP contribution in [0, 0.1) is 0 Å². The van der Waals surface area contributed by atoms with Crippen molar-refractivity contribution >= 4 is 5.84 Å². The summed E-state index contributed by atoms with van der Waals surface area (Å²) in [7, 11) is 1.81. The molecule has 0 unspecified atom stereocenters. The molecule has 0 atom stereocenters. The fourth-order valence-electron chi connectivity index (χ4n) is 1.44. The van der Waals surface area contributed by atoms with Gasteiger partial charge in [0.15, 0.2) is 0 Å². The molecule has 0 bridgehead atoms. The first-order chi connectivity index (χ1) is 5.88. The van der Waals surface area contributed by atoms with Crippen LogP contribution in [0.2, 0.25) is 0 Å². The fraction of sp³-hybridized carbons (Fsp3) is 0.667. The molecular formula is C9H17N3. The predicted molar refractivity (Wildman–Crippen MR) is 52.6 cm³/mol. The number of rotatable bonds is 1. The third-order valence-corrected chi connectivity index (χ3v) is 2.08. The van der Waals surface area contributed by atoms with Crippen LogP contribution in [0.25, 0.3) is 0 Å². The number of hydrogen-bond donors (Lipinski definition) is 1. The largest absolute Gasteiger partial charge is 0.356 e. The van der Waals surface area contributed by atoms with Crippen LogP contribution in [0.3, 0.4) is 0 Å². The van der Waals surface area contributed by atoms with Gasteiger partial charge in [-0.3, -0.25) is 4.99 Å². The monoisotopic (exact) mass is 167 g/mol. The Kier molecular flexibility index (Phi) is 3.80. The quantitative estimate of drug-likeness (QED) is 0.455. The Hall–Kier alpha value is -0.830. The van der Waals surface area contributed by atoms with Crippen LogP contribution in [-0.4, -0.2) is 44.0 Å². The maximum absolute atomic E-state index is 4.17. The minimum Gasteiger partial charge on any atom is -0.356 e. The lowest BCUT2D eigenvalue weighted by Gasteiger charge is -2.21. The van der Waals surface area contributed by atoms with E-state index in [1.54, 1.807) is 0 Å². The lowest BCUT2D eigenvalue weighted by Crippen LogP contribution is -2.32. The first kappa shape index (κ1) is 9.26. The van der Waals surface area contributed by atoms with E-state index in [1.807, 2.05) is 13.1 Å². The summed E-state index contributed by atoms with van der Waals surface area (Å²) in [4.78, 5) is 6.44. The van der Waals surface area contributed by atoms with Crippen LogP contribution in [0.4, 0.5) is 0 Å². The summed E-state index contributed by atoms with van der Waals surface area (Å²) in [6.45, 7) is 8.04. The van der Waals surface area contributed by atoms with E-state index in [4.69, 9.17) is 0 Å². The van der Waals surface area contributed by atoms with E-state index in [-0.39, 0.29) is 0 Å². The normalized spacial score (nSPS) is 20.4. The smallest absolute Gasteiger partial charge is 0.122 e. The molecule has 1 aliphatic heterocycles. The van der Waals surface area contributed by atoms with Crippen molar-refractivity contribution in [2.75, 3.05) is 33.2 Å². The molecule has 0 saturated carbocycles. The van der Waals surface area contributed by atoms with E-state index in [0.717, 1.165) is 32.0 Å². The Balaban J connectivity index is 2.52. The summed E-state index contributed by atoms with van der Waals surface area (Å²) in [5.41, 5.74) is 0. The zero-order valence-electron chi connectivity index (χ0n) is 7.71. The highest BCUT2D eigenvalue weighted by Gasteiger charge is 2.09. The Morgan fingerprint density at radius 2 is 2.33 bits per heavy atom. The molecule has 0 radical (unpaired) electrons. The second-order valence-corrected chi connectivity index (χ2v) is 2.88. The highest BCUT2D eigenvalue weighted by Crippen LogP contribution is 1.97. The molecule has 1 fully saturated rings. The number of amidine groups is 1. The summed E-state index contributed by atoms with van der Waals surface area (Å²) in [5.74, 6) is 1.01. The van der Waals surface area contributed by atoms with Gasteiger partial charge in [0.2, 0.25) is 0 Å². The fourth-order valence-corrected chi connectivity index (χ4v) is 1.44. The van der Waals surface area contributed by atoms with E-state index < -0.39 is 0 Å². The van der Waals surface area contributed by atoms with Crippen molar-refractivity contribution in [2.45, 2.75) is 6.42 Å². The molecule has 0 amide bonds. The van der Waals surface area contributed by atoms with Gasteiger partial charge in [-0.25, -0.2) is 0 Å². The van der Waals surface area contributed by atoms with Crippen LogP contribution in [-0.2, 0) is 0 Å². The average Bonchev–Trinajstić information content (AvgIpc) is 2.35. The van der Waals surface area contributed by atoms with Crippen molar-refractivity contribution in [3.05, 3.63) is 12.7 Å². The highest BCUT2D eigenvalue weighted by molar-refractivity contribution is 5.92. The van der Waals surface area contributed by atoms with Gasteiger partial charge in [-0.05, 0) is 19.0 Å². The number of aliphatic imine (C=N–C) groups is 1. The van der Waals surface area contributed by atoms with Crippen LogP contribution < -0.4 is 5.32 Å². The summed E-state index contributed by atoms with van der Waals surface area (Å²) >= 11 is 0. The van der Waals surface area contributed by atoms with Crippen molar-refractivity contribution in [3.8, 4) is 0 Å². The zero-order valence-corrected chi connectivity index (χ0v) is 7.71. The second-order valence-electron chi connectivity index (χ2n) is 2.88. The highest BCUT2D eigenvalue weighted by atomic mass is 15.2. The van der Waals surface area contributed by atoms with Crippen molar-refractivity contribution in [3.63, 3.8) is 0 Å². The van der Waals surface area contributed by atoms with E-state index in [9.17, 15) is 0 Å². The van der Waals surface area contributed by atoms with Gasteiger partial charge in [-0.15, -0.1) is 0 Å². The van der Waals surface area contributed by atoms with Gasteiger partial charge < -0.3 is 10.2 Å². The molecule has 1 rings (SSSR count). The molecule has 3 heteroatoms. The Labute approximate surface area is 74.2 Å². The number of nitrogens with one attached hydrogen (secondary N) is 1. The van der Waals surface area contributed by atoms with Crippen LogP contribution >= 0.6 is 0 Å². The molecule has 1 aliphatic rings. The number of nitrogens with zero attached hydrogens (tertiary/aromatic N) is 2. The zero-order chi connectivity index (χ0) is 8.81. The van der Waals surface area contributed by atoms with E-state index in [1.165, 1.54) is 6.42 Å². The first-order valence-corrected chi connectivity index (χ1v) is 4.43. The van der Waals surface area contributed by atoms with E-state index in [2.05, 4.69) is 21.8 Å². The summed E-state index contributed by atoms with van der Waals surface area (Å²) in [5, 5.41) is 3.35. The molecule has 0 aliphatic carbocycles. The van der Waals surface area contributed by atoms with Crippen LogP contribution in [0.1, 0.15) is 6.42 Å². The van der Waals surface area contributed by atoms with Gasteiger partial charge in [-0.1, -0.05) is 6.58 Å². The minimum atomic E-state index is 1.01. The standard InChI is InChI=1S/C9H17N3/c1-3-9(10-2)12-7-4-5-11-6-8-12/h3,11H,1,4-8H2,2H3. The average molecular weight is 167 g/mol. The molecule has 12 heavy (non-hydrogen) atoms. The SMILES string of the molecule is C=CC(=NC)N1CCCNCC1. The molecule has 3 nitrogen and oxygen atoms in total. The third kappa shape index (κ3) is 2.34. The lowest BCUT2D eigenvalue weighted by atomic mass is 10.3. The van der Waals surface area contributed by atoms with E-state index >= 15 is 0 Å². The Morgan fingerprint density at radius 3 is 3.00 bits per heavy atom. The second kappa shape index (κ2) is 4.93. The Bertz CT molecular complexity index is 167. The molecule has 1 N–H and O–H groups in total. The topological polar surface area (TPSA) is 27.6 Å². The van der Waals surface area contributed by atoms with Gasteiger partial charge in [0, 0.05) is 26.7 Å². The maximum Gasteiger partial charge on any atom is 0.122 e. The maximum atomic E-state index is 4.17. The van der Waals surface area contributed by atoms with E-state index in [0.29, 0.717) is 0 Å². The molecule has 1 heterocycles. The minimum absolute atomic E-state index is 1.01. The van der Waals surface area contributed by atoms with Gasteiger partial charge in [0.05, 0.1) is 0 Å². The lowest BCUT2D eigenvalue weighted by molar-refractivity contribution is 0.448. The first-order valence-electron chi connectivity index (χ1n) is 4.43. The Morgan fingerprint density at radius 1 is 1.50 bits per heavy atom. The van der Waals surface area contributed by atoms with Crippen LogP contribution in [0.15, 0.2) is 17.6 Å². The summed E-state index contributed by atoms with van der Waals surface area (Å²) < 4.78 is 0. The molecule has 1 saturated heterocycles. The third-order valence-electron chi connectivity index (χ3n) is 2.08. The van der Waals surface area contributed by atoms with Crippen molar-refractivity contribution in [2.24, 2.45) is 4.99 Å². The van der Waals surface area contributed by atoms with Crippen LogP contribution in [0.5, 0.6) is 0 Å². The van der Waals surface area contributed by atoms with Gasteiger partial charge in [0.25, 0.3) is 0 Å². The molecule has 0 aromatic rings. The van der Waals surface area contributed by atoms with Gasteiger partial charge >= 0.3 is 0 Å². The van der Waals surface area contributed by atoms with Gasteiger partial charge in [0.1, 0.15) is 5.84 Å². The molecule has 0 aromatic carbocycles. The molecule has 0 aromatic heterocycles. The van der Waals surface area contributed by atoms with Crippen molar-refractivity contribution in [1.29, 1.82) is 0 Å². The number of hydrogen-bond acceptors (Lipinski definition) is 2. The van der Waals surface area contributed by atoms with Gasteiger partial charge in [-0.2, -0.15) is 0 Å². The molecule has 68 valence electrons. The predicted octanol–water partition coefficient (Wildman–Crippen LogP) is 0.496. The summed E-state index contributed by atoms with van der Waals surface area (Å²) in [6, 6.07) is 0. The molecule has 0 spiro atoms. The summed E-state index contributed by atoms with van der Waals surface area (Å²) in [6.07, 6.45) is 3.01. The van der Waals surface area contributed by atoms with Crippen molar-refractivity contribution < 1.29 is 0 Å². The van der Waals surface area contributed by atoms with Crippen molar-refractivity contribution in [1.82, 2.24) is 10.2 Å². The molecular weight excluding hydrogens is 150 g/mol.